The molecule has 1 unspecified atom stereocenters. The van der Waals surface area contributed by atoms with Gasteiger partial charge >= 0.3 is 0 Å². The minimum absolute atomic E-state index is 0.0244. The molecule has 1 atom stereocenters. The van der Waals surface area contributed by atoms with Gasteiger partial charge in [-0.25, -0.2) is 8.78 Å². The van der Waals surface area contributed by atoms with Crippen molar-refractivity contribution in [3.63, 3.8) is 0 Å². The molecule has 0 amide bonds. The Morgan fingerprint density at radius 2 is 2.12 bits per heavy atom. The van der Waals surface area contributed by atoms with Crippen molar-refractivity contribution in [2.75, 3.05) is 11.1 Å². The maximum absolute atomic E-state index is 13.0. The average Bonchev–Trinajstić information content (AvgIpc) is 2.99. The molecule has 1 N–H and O–H groups in total. The van der Waals surface area contributed by atoms with E-state index in [-0.39, 0.29) is 6.04 Å². The van der Waals surface area contributed by atoms with Crippen molar-refractivity contribution < 1.29 is 8.78 Å². The van der Waals surface area contributed by atoms with Crippen LogP contribution in [0.4, 0.5) is 14.6 Å². The lowest BCUT2D eigenvalue weighted by Crippen LogP contribution is -2.17. The summed E-state index contributed by atoms with van der Waals surface area (Å²) >= 11 is 7.89. The summed E-state index contributed by atoms with van der Waals surface area (Å²) in [6.07, 6.45) is -1.84. The van der Waals surface area contributed by atoms with Crippen molar-refractivity contribution in [3.8, 4) is 0 Å². The van der Waals surface area contributed by atoms with E-state index in [2.05, 4.69) is 20.6 Å². The highest BCUT2D eigenvalue weighted by Gasteiger charge is 2.22. The Kier molecular flexibility index (Phi) is 4.01. The maximum Gasteiger partial charge on any atom is 0.299 e. The fourth-order valence-electron chi connectivity index (χ4n) is 2.71. The number of halogens is 3. The second-order valence-electron chi connectivity index (χ2n) is 5.36. The number of rotatable bonds is 3. The lowest BCUT2D eigenvalue weighted by molar-refractivity contribution is 0.137. The van der Waals surface area contributed by atoms with E-state index in [4.69, 9.17) is 11.6 Å². The summed E-state index contributed by atoms with van der Waals surface area (Å²) in [4.78, 5) is 1.17. The van der Waals surface area contributed by atoms with Crippen LogP contribution in [-0.2, 0) is 0 Å². The third-order valence-electron chi connectivity index (χ3n) is 3.82. The number of hydrogen-bond acceptors (Lipinski definition) is 5. The number of aromatic nitrogens is 4. The summed E-state index contributed by atoms with van der Waals surface area (Å²) < 4.78 is 27.0. The lowest BCUT2D eigenvalue weighted by Gasteiger charge is -2.26. The van der Waals surface area contributed by atoms with Crippen molar-refractivity contribution >= 4 is 34.8 Å². The number of fused-ring (bicyclic) bond motifs is 2. The molecule has 2 aromatic heterocycles. The number of nitrogens with one attached hydrogen (secondary N) is 1. The number of nitrogens with zero attached hydrogens (tertiary/aromatic N) is 4. The Morgan fingerprint density at radius 3 is 2.96 bits per heavy atom. The summed E-state index contributed by atoms with van der Waals surface area (Å²) in [5, 5.41) is 15.4. The van der Waals surface area contributed by atoms with Gasteiger partial charge < -0.3 is 5.32 Å². The fraction of sp³-hybridized carbons (Fsp3) is 0.267. The molecule has 0 fully saturated rings. The minimum Gasteiger partial charge on any atom is -0.362 e. The molecule has 0 aliphatic carbocycles. The largest absolute Gasteiger partial charge is 0.362 e. The summed E-state index contributed by atoms with van der Waals surface area (Å²) in [7, 11) is 0. The molecule has 3 aromatic rings. The van der Waals surface area contributed by atoms with Crippen LogP contribution in [0.3, 0.4) is 0 Å². The highest BCUT2D eigenvalue weighted by Crippen LogP contribution is 2.39. The van der Waals surface area contributed by atoms with E-state index in [1.807, 2.05) is 18.2 Å². The first-order chi connectivity index (χ1) is 11.6. The quantitative estimate of drug-likeness (QED) is 0.745. The fourth-order valence-corrected chi connectivity index (χ4v) is 4.00. The molecular weight excluding hydrogens is 356 g/mol. The number of anilines is 1. The van der Waals surface area contributed by atoms with E-state index in [1.54, 1.807) is 23.9 Å². The molecule has 1 aliphatic rings. The molecule has 24 heavy (non-hydrogen) atoms. The van der Waals surface area contributed by atoms with E-state index in [9.17, 15) is 8.78 Å². The molecular formula is C15H12ClF2N5S. The van der Waals surface area contributed by atoms with E-state index in [1.165, 1.54) is 4.90 Å². The van der Waals surface area contributed by atoms with Gasteiger partial charge in [0, 0.05) is 15.7 Å². The lowest BCUT2D eigenvalue weighted by atomic mass is 10.0. The van der Waals surface area contributed by atoms with E-state index in [0.717, 1.165) is 22.3 Å². The molecule has 0 radical (unpaired) electrons. The maximum atomic E-state index is 13.0. The topological polar surface area (TPSA) is 55.1 Å². The molecule has 5 nitrogen and oxygen atoms in total. The van der Waals surface area contributed by atoms with E-state index < -0.39 is 12.2 Å². The second-order valence-corrected chi connectivity index (χ2v) is 6.94. The van der Waals surface area contributed by atoms with Gasteiger partial charge in [0.2, 0.25) is 5.82 Å². The van der Waals surface area contributed by atoms with Crippen LogP contribution in [0, 0.1) is 0 Å². The van der Waals surface area contributed by atoms with Crippen molar-refractivity contribution in [1.29, 1.82) is 0 Å². The van der Waals surface area contributed by atoms with Crippen LogP contribution >= 0.6 is 23.4 Å². The number of alkyl halides is 2. The van der Waals surface area contributed by atoms with Gasteiger partial charge in [-0.2, -0.15) is 4.52 Å². The number of thioether (sulfide) groups is 1. The van der Waals surface area contributed by atoms with E-state index in [0.29, 0.717) is 16.5 Å². The van der Waals surface area contributed by atoms with Gasteiger partial charge in [-0.15, -0.1) is 27.1 Å². The highest BCUT2D eigenvalue weighted by molar-refractivity contribution is 7.99. The number of hydrogen-bond donors (Lipinski definition) is 1. The zero-order valence-electron chi connectivity index (χ0n) is 12.3. The van der Waals surface area contributed by atoms with Gasteiger partial charge in [-0.3, -0.25) is 0 Å². The minimum atomic E-state index is -2.73. The first-order valence-electron chi connectivity index (χ1n) is 7.31. The predicted octanol–water partition coefficient (Wildman–Crippen LogP) is 4.36. The Labute approximate surface area is 145 Å². The summed E-state index contributed by atoms with van der Waals surface area (Å²) in [5.74, 6) is 0.993. The smallest absolute Gasteiger partial charge is 0.299 e. The normalized spacial score (nSPS) is 17.2. The van der Waals surface area contributed by atoms with Gasteiger partial charge in [0.1, 0.15) is 5.82 Å². The predicted molar refractivity (Wildman–Crippen MR) is 88.9 cm³/mol. The van der Waals surface area contributed by atoms with Crippen LogP contribution in [-0.4, -0.2) is 25.6 Å². The van der Waals surface area contributed by atoms with Crippen LogP contribution in [0.2, 0.25) is 5.02 Å². The number of benzene rings is 1. The van der Waals surface area contributed by atoms with Gasteiger partial charge in [0.15, 0.2) is 5.65 Å². The van der Waals surface area contributed by atoms with Crippen molar-refractivity contribution in [2.24, 2.45) is 0 Å². The van der Waals surface area contributed by atoms with Gasteiger partial charge in [-0.1, -0.05) is 11.6 Å². The zero-order valence-corrected chi connectivity index (χ0v) is 13.9. The summed E-state index contributed by atoms with van der Waals surface area (Å²) in [6.45, 7) is 0. The molecule has 0 saturated heterocycles. The molecule has 3 heterocycles. The first-order valence-corrected chi connectivity index (χ1v) is 8.67. The third-order valence-corrected chi connectivity index (χ3v) is 5.17. The zero-order chi connectivity index (χ0) is 16.7. The standard InChI is InChI=1S/C15H12ClF2N5S/c16-8-1-2-11-9(7-8)10(5-6-24-11)19-12-3-4-13-20-21-15(14(17)18)23(13)22-12/h1-4,7,10,14H,5-6H2,(H,19,22). The van der Waals surface area contributed by atoms with Gasteiger partial charge in [0.25, 0.3) is 6.43 Å². The van der Waals surface area contributed by atoms with Crippen LogP contribution in [0.25, 0.3) is 5.65 Å². The van der Waals surface area contributed by atoms with Crippen LogP contribution in [0.15, 0.2) is 35.2 Å². The highest BCUT2D eigenvalue weighted by atomic mass is 35.5. The van der Waals surface area contributed by atoms with Crippen LogP contribution in [0.5, 0.6) is 0 Å². The van der Waals surface area contributed by atoms with Gasteiger partial charge in [0.05, 0.1) is 6.04 Å². The molecule has 0 spiro atoms. The SMILES string of the molecule is FC(F)c1nnc2ccc(NC3CCSc4ccc(Cl)cc43)nn12. The monoisotopic (exact) mass is 367 g/mol. The molecule has 1 aliphatic heterocycles. The molecule has 124 valence electrons. The van der Waals surface area contributed by atoms with Crippen molar-refractivity contribution in [3.05, 3.63) is 46.7 Å². The average molecular weight is 368 g/mol. The summed E-state index contributed by atoms with van der Waals surface area (Å²) in [6, 6.07) is 9.16. The molecule has 4 rings (SSSR count). The molecule has 0 saturated carbocycles. The Balaban J connectivity index is 1.68. The third kappa shape index (κ3) is 2.80. The Hall–Kier alpha value is -1.93. The van der Waals surface area contributed by atoms with Crippen molar-refractivity contribution in [1.82, 2.24) is 19.8 Å². The first kappa shape index (κ1) is 15.6. The summed E-state index contributed by atoms with van der Waals surface area (Å²) in [5.41, 5.74) is 1.39. The van der Waals surface area contributed by atoms with Crippen LogP contribution < -0.4 is 5.32 Å². The molecule has 9 heteroatoms. The van der Waals surface area contributed by atoms with E-state index >= 15 is 0 Å². The van der Waals surface area contributed by atoms with Crippen molar-refractivity contribution in [2.45, 2.75) is 23.8 Å². The van der Waals surface area contributed by atoms with Gasteiger partial charge in [-0.05, 0) is 42.3 Å². The molecule has 1 aromatic carbocycles. The Morgan fingerprint density at radius 1 is 1.25 bits per heavy atom. The molecule has 0 bridgehead atoms. The Bertz CT molecular complexity index is 901. The second kappa shape index (κ2) is 6.18. The van der Waals surface area contributed by atoms with Crippen LogP contribution in [0.1, 0.15) is 30.3 Å².